The van der Waals surface area contributed by atoms with Crippen molar-refractivity contribution in [2.24, 2.45) is 0 Å². The maximum absolute atomic E-state index is 5.87. The number of hydrogen-bond donors (Lipinski definition) is 0. The van der Waals surface area contributed by atoms with E-state index in [1.165, 1.54) is 0 Å². The minimum atomic E-state index is -0.556. The first-order chi connectivity index (χ1) is 12.7. The number of piperidine rings is 1. The minimum absolute atomic E-state index is 0.303. The zero-order valence-electron chi connectivity index (χ0n) is 14.7. The minimum Gasteiger partial charge on any atom is -0.381 e. The fraction of sp³-hybridized carbons (Fsp3) is 0.647. The third-order valence-electron chi connectivity index (χ3n) is 5.27. The Morgan fingerprint density at radius 3 is 2.54 bits per heavy atom. The standard InChI is InChI=1S/C17H22ClN5O3/c1-24-17(15-21-14(22-26-15)12-2-8-25-9-3-12)4-6-23(7-5-17)16-19-10-13(18)11-20-16/h10-12H,2-9H2,1H3. The van der Waals surface area contributed by atoms with Crippen LogP contribution < -0.4 is 4.90 Å². The van der Waals surface area contributed by atoms with Gasteiger partial charge in [0.2, 0.25) is 5.95 Å². The van der Waals surface area contributed by atoms with Crippen molar-refractivity contribution in [3.05, 3.63) is 29.1 Å². The summed E-state index contributed by atoms with van der Waals surface area (Å²) in [6.45, 7) is 2.98. The molecule has 4 heterocycles. The highest BCUT2D eigenvalue weighted by atomic mass is 35.5. The molecule has 0 atom stereocenters. The van der Waals surface area contributed by atoms with Crippen molar-refractivity contribution < 1.29 is 14.0 Å². The van der Waals surface area contributed by atoms with E-state index in [9.17, 15) is 0 Å². The molecule has 0 radical (unpaired) electrons. The summed E-state index contributed by atoms with van der Waals surface area (Å²) >= 11 is 5.87. The van der Waals surface area contributed by atoms with Gasteiger partial charge in [-0.2, -0.15) is 4.98 Å². The molecule has 2 aliphatic rings. The molecule has 4 rings (SSSR count). The Morgan fingerprint density at radius 2 is 1.88 bits per heavy atom. The molecule has 0 saturated carbocycles. The predicted octanol–water partition coefficient (Wildman–Crippen LogP) is 2.55. The van der Waals surface area contributed by atoms with Crippen LogP contribution in [0.15, 0.2) is 16.9 Å². The van der Waals surface area contributed by atoms with Crippen LogP contribution in [0.3, 0.4) is 0 Å². The van der Waals surface area contributed by atoms with E-state index < -0.39 is 5.60 Å². The van der Waals surface area contributed by atoms with Crippen LogP contribution in [0.5, 0.6) is 0 Å². The predicted molar refractivity (Wildman–Crippen MR) is 94.3 cm³/mol. The summed E-state index contributed by atoms with van der Waals surface area (Å²) in [6.07, 6.45) is 6.54. The molecule has 0 amide bonds. The molecule has 9 heteroatoms. The van der Waals surface area contributed by atoms with Crippen LogP contribution in [0, 0.1) is 0 Å². The summed E-state index contributed by atoms with van der Waals surface area (Å²) < 4.78 is 16.9. The van der Waals surface area contributed by atoms with Gasteiger partial charge in [0.1, 0.15) is 5.60 Å². The first kappa shape index (κ1) is 17.6. The number of ether oxygens (including phenoxy) is 2. The first-order valence-corrected chi connectivity index (χ1v) is 9.27. The second-order valence-corrected chi connectivity index (χ2v) is 7.17. The van der Waals surface area contributed by atoms with Gasteiger partial charge in [0, 0.05) is 52.2 Å². The smallest absolute Gasteiger partial charge is 0.259 e. The van der Waals surface area contributed by atoms with Crippen molar-refractivity contribution in [2.75, 3.05) is 38.3 Å². The Bertz CT molecular complexity index is 724. The molecule has 2 aromatic rings. The second-order valence-electron chi connectivity index (χ2n) is 6.73. The quantitative estimate of drug-likeness (QED) is 0.801. The summed E-state index contributed by atoms with van der Waals surface area (Å²) in [7, 11) is 1.70. The van der Waals surface area contributed by atoms with E-state index in [0.29, 0.717) is 22.8 Å². The van der Waals surface area contributed by atoms with Crippen molar-refractivity contribution >= 4 is 17.5 Å². The van der Waals surface area contributed by atoms with Gasteiger partial charge in [-0.1, -0.05) is 16.8 Å². The number of halogens is 1. The van der Waals surface area contributed by atoms with Gasteiger partial charge in [0.05, 0.1) is 17.4 Å². The fourth-order valence-electron chi connectivity index (χ4n) is 3.58. The lowest BCUT2D eigenvalue weighted by atomic mass is 9.91. The third kappa shape index (κ3) is 3.41. The first-order valence-electron chi connectivity index (χ1n) is 8.90. The molecule has 0 aromatic carbocycles. The third-order valence-corrected chi connectivity index (χ3v) is 5.46. The van der Waals surface area contributed by atoms with Gasteiger partial charge in [-0.3, -0.25) is 0 Å². The average Bonchev–Trinajstić information content (AvgIpc) is 3.20. The summed E-state index contributed by atoms with van der Waals surface area (Å²) in [5.41, 5.74) is -0.556. The molecular formula is C17H22ClN5O3. The molecule has 2 aliphatic heterocycles. The molecule has 2 saturated heterocycles. The summed E-state index contributed by atoms with van der Waals surface area (Å²) in [5, 5.41) is 4.75. The Balaban J connectivity index is 1.47. The summed E-state index contributed by atoms with van der Waals surface area (Å²) in [4.78, 5) is 15.4. The molecule has 0 aliphatic carbocycles. The van der Waals surface area contributed by atoms with Gasteiger partial charge in [-0.15, -0.1) is 0 Å². The van der Waals surface area contributed by atoms with Crippen molar-refractivity contribution in [3.63, 3.8) is 0 Å². The summed E-state index contributed by atoms with van der Waals surface area (Å²) in [6, 6.07) is 0. The van der Waals surface area contributed by atoms with E-state index in [1.54, 1.807) is 19.5 Å². The van der Waals surface area contributed by atoms with E-state index in [1.807, 2.05) is 0 Å². The van der Waals surface area contributed by atoms with Crippen LogP contribution in [0.4, 0.5) is 5.95 Å². The highest BCUT2D eigenvalue weighted by molar-refractivity contribution is 6.30. The molecule has 0 unspecified atom stereocenters. The lowest BCUT2D eigenvalue weighted by Crippen LogP contribution is -2.44. The van der Waals surface area contributed by atoms with E-state index in [0.717, 1.165) is 57.8 Å². The van der Waals surface area contributed by atoms with Crippen molar-refractivity contribution in [2.45, 2.75) is 37.2 Å². The van der Waals surface area contributed by atoms with Gasteiger partial charge in [0.15, 0.2) is 5.82 Å². The number of nitrogens with zero attached hydrogens (tertiary/aromatic N) is 5. The number of hydrogen-bond acceptors (Lipinski definition) is 8. The Hall–Kier alpha value is -1.77. The molecule has 0 spiro atoms. The largest absolute Gasteiger partial charge is 0.381 e. The van der Waals surface area contributed by atoms with E-state index >= 15 is 0 Å². The highest BCUT2D eigenvalue weighted by Crippen LogP contribution is 2.37. The van der Waals surface area contributed by atoms with Crippen molar-refractivity contribution in [3.8, 4) is 0 Å². The van der Waals surface area contributed by atoms with E-state index in [2.05, 4.69) is 25.0 Å². The number of methoxy groups -OCH3 is 1. The maximum Gasteiger partial charge on any atom is 0.259 e. The fourth-order valence-corrected chi connectivity index (χ4v) is 3.68. The van der Waals surface area contributed by atoms with Crippen LogP contribution in [-0.2, 0) is 15.1 Å². The molecule has 2 fully saturated rings. The average molecular weight is 380 g/mol. The van der Waals surface area contributed by atoms with Crippen LogP contribution in [0.2, 0.25) is 5.02 Å². The van der Waals surface area contributed by atoms with Gasteiger partial charge < -0.3 is 18.9 Å². The normalized spacial score (nSPS) is 21.1. The molecular weight excluding hydrogens is 358 g/mol. The summed E-state index contributed by atoms with van der Waals surface area (Å²) in [5.74, 6) is 2.31. The monoisotopic (exact) mass is 379 g/mol. The zero-order valence-corrected chi connectivity index (χ0v) is 15.5. The van der Waals surface area contributed by atoms with Crippen LogP contribution in [-0.4, -0.2) is 53.5 Å². The number of rotatable bonds is 4. The SMILES string of the molecule is COC1(c2nc(C3CCOCC3)no2)CCN(c2ncc(Cl)cn2)CC1. The van der Waals surface area contributed by atoms with E-state index in [4.69, 9.17) is 25.6 Å². The second kappa shape index (κ2) is 7.46. The number of anilines is 1. The van der Waals surface area contributed by atoms with Crippen LogP contribution in [0.1, 0.15) is 43.3 Å². The Labute approximate surface area is 156 Å². The maximum atomic E-state index is 5.87. The van der Waals surface area contributed by atoms with E-state index in [-0.39, 0.29) is 0 Å². The molecule has 0 N–H and O–H groups in total. The molecule has 26 heavy (non-hydrogen) atoms. The van der Waals surface area contributed by atoms with Crippen molar-refractivity contribution in [1.29, 1.82) is 0 Å². The topological polar surface area (TPSA) is 86.4 Å². The lowest BCUT2D eigenvalue weighted by Gasteiger charge is -2.38. The van der Waals surface area contributed by atoms with Crippen molar-refractivity contribution in [1.82, 2.24) is 20.1 Å². The van der Waals surface area contributed by atoms with Gasteiger partial charge in [-0.05, 0) is 12.8 Å². The van der Waals surface area contributed by atoms with Gasteiger partial charge >= 0.3 is 0 Å². The molecule has 140 valence electrons. The van der Waals surface area contributed by atoms with Gasteiger partial charge in [-0.25, -0.2) is 9.97 Å². The van der Waals surface area contributed by atoms with Crippen LogP contribution >= 0.6 is 11.6 Å². The number of aromatic nitrogens is 4. The molecule has 8 nitrogen and oxygen atoms in total. The highest BCUT2D eigenvalue weighted by Gasteiger charge is 2.42. The Kier molecular flexibility index (Phi) is 5.06. The van der Waals surface area contributed by atoms with Crippen LogP contribution in [0.25, 0.3) is 0 Å². The zero-order chi connectivity index (χ0) is 18.0. The van der Waals surface area contributed by atoms with Gasteiger partial charge in [0.25, 0.3) is 5.89 Å². The molecule has 0 bridgehead atoms. The lowest BCUT2D eigenvalue weighted by molar-refractivity contribution is -0.0583. The Morgan fingerprint density at radius 1 is 1.19 bits per heavy atom. The molecule has 2 aromatic heterocycles.